The fourth-order valence-electron chi connectivity index (χ4n) is 2.11. The van der Waals surface area contributed by atoms with Crippen molar-refractivity contribution in [2.45, 2.75) is 6.92 Å². The molecule has 0 atom stereocenters. The molecule has 0 spiro atoms. The summed E-state index contributed by atoms with van der Waals surface area (Å²) < 4.78 is 13.8. The van der Waals surface area contributed by atoms with Crippen LogP contribution < -0.4 is 10.6 Å². The summed E-state index contributed by atoms with van der Waals surface area (Å²) in [6.07, 6.45) is 3.43. The Morgan fingerprint density at radius 3 is 2.70 bits per heavy atom. The molecular formula is C17H16FN5. The Labute approximate surface area is 133 Å². The molecule has 6 heteroatoms. The van der Waals surface area contributed by atoms with E-state index in [1.54, 1.807) is 36.7 Å². The summed E-state index contributed by atoms with van der Waals surface area (Å²) in [5.74, 6) is 0.659. The average molecular weight is 309 g/mol. The van der Waals surface area contributed by atoms with Crippen LogP contribution in [0.4, 0.5) is 21.8 Å². The first-order valence-electron chi connectivity index (χ1n) is 7.31. The van der Waals surface area contributed by atoms with Gasteiger partial charge in [0.15, 0.2) is 0 Å². The van der Waals surface area contributed by atoms with E-state index >= 15 is 0 Å². The van der Waals surface area contributed by atoms with Gasteiger partial charge >= 0.3 is 0 Å². The van der Waals surface area contributed by atoms with Crippen molar-refractivity contribution in [2.75, 3.05) is 17.2 Å². The van der Waals surface area contributed by atoms with Crippen LogP contribution in [0.1, 0.15) is 6.92 Å². The summed E-state index contributed by atoms with van der Waals surface area (Å²) in [5, 5.41) is 6.08. The molecule has 0 bridgehead atoms. The molecule has 3 aromatic rings. The molecule has 0 fully saturated rings. The molecule has 2 N–H and O–H groups in total. The molecule has 0 unspecified atom stereocenters. The van der Waals surface area contributed by atoms with E-state index in [1.165, 1.54) is 6.07 Å². The van der Waals surface area contributed by atoms with E-state index in [-0.39, 0.29) is 5.82 Å². The van der Waals surface area contributed by atoms with E-state index in [9.17, 15) is 4.39 Å². The fourth-order valence-corrected chi connectivity index (χ4v) is 2.11. The second kappa shape index (κ2) is 6.83. The first-order chi connectivity index (χ1) is 11.3. The number of aromatic nitrogens is 3. The average Bonchev–Trinajstić information content (AvgIpc) is 2.58. The van der Waals surface area contributed by atoms with E-state index in [0.29, 0.717) is 29.7 Å². The van der Waals surface area contributed by atoms with E-state index in [4.69, 9.17) is 0 Å². The Bertz CT molecular complexity index is 792. The van der Waals surface area contributed by atoms with Gasteiger partial charge in [0.1, 0.15) is 11.6 Å². The van der Waals surface area contributed by atoms with Crippen molar-refractivity contribution in [2.24, 2.45) is 0 Å². The summed E-state index contributed by atoms with van der Waals surface area (Å²) >= 11 is 0. The van der Waals surface area contributed by atoms with Gasteiger partial charge in [-0.2, -0.15) is 4.98 Å². The van der Waals surface area contributed by atoms with E-state index < -0.39 is 0 Å². The number of halogens is 1. The van der Waals surface area contributed by atoms with Gasteiger partial charge in [0.2, 0.25) is 5.95 Å². The summed E-state index contributed by atoms with van der Waals surface area (Å²) in [5.41, 5.74) is 1.94. The zero-order valence-corrected chi connectivity index (χ0v) is 12.6. The quantitative estimate of drug-likeness (QED) is 0.749. The van der Waals surface area contributed by atoms with Crippen molar-refractivity contribution in [3.63, 3.8) is 0 Å². The van der Waals surface area contributed by atoms with Gasteiger partial charge in [-0.3, -0.25) is 4.98 Å². The molecule has 1 aromatic carbocycles. The van der Waals surface area contributed by atoms with Crippen LogP contribution >= 0.6 is 0 Å². The minimum atomic E-state index is -0.334. The van der Waals surface area contributed by atoms with Crippen molar-refractivity contribution in [1.82, 2.24) is 15.0 Å². The molecule has 0 radical (unpaired) electrons. The van der Waals surface area contributed by atoms with Gasteiger partial charge in [0, 0.05) is 30.6 Å². The molecule has 0 aliphatic heterocycles. The third kappa shape index (κ3) is 3.60. The maximum atomic E-state index is 13.8. The largest absolute Gasteiger partial charge is 0.354 e. The summed E-state index contributed by atoms with van der Waals surface area (Å²) in [7, 11) is 0. The molecule has 0 saturated heterocycles. The molecule has 2 heterocycles. The van der Waals surface area contributed by atoms with Crippen LogP contribution in [-0.4, -0.2) is 21.5 Å². The zero-order valence-electron chi connectivity index (χ0n) is 12.6. The Balaban J connectivity index is 1.99. The number of nitrogens with zero attached hydrogens (tertiary/aromatic N) is 3. The highest BCUT2D eigenvalue weighted by molar-refractivity contribution is 5.67. The highest BCUT2D eigenvalue weighted by Gasteiger charge is 2.08. The van der Waals surface area contributed by atoms with Crippen molar-refractivity contribution in [1.29, 1.82) is 0 Å². The minimum absolute atomic E-state index is 0.334. The first kappa shape index (κ1) is 14.9. The van der Waals surface area contributed by atoms with E-state index in [1.807, 2.05) is 19.1 Å². The van der Waals surface area contributed by atoms with Crippen molar-refractivity contribution < 1.29 is 4.39 Å². The lowest BCUT2D eigenvalue weighted by molar-refractivity contribution is 0.632. The summed E-state index contributed by atoms with van der Waals surface area (Å²) in [6, 6.07) is 12.0. The maximum Gasteiger partial charge on any atom is 0.225 e. The predicted octanol–water partition coefficient (Wildman–Crippen LogP) is 3.85. The third-order valence-electron chi connectivity index (χ3n) is 3.15. The SMILES string of the molecule is CCNc1nc(Nc2ccccc2F)cc(-c2cccnc2)n1. The predicted molar refractivity (Wildman–Crippen MR) is 89.1 cm³/mol. The number of nitrogens with one attached hydrogen (secondary N) is 2. The number of anilines is 3. The molecule has 23 heavy (non-hydrogen) atoms. The monoisotopic (exact) mass is 309 g/mol. The molecule has 3 rings (SSSR count). The van der Waals surface area contributed by atoms with Crippen LogP contribution in [0.2, 0.25) is 0 Å². The van der Waals surface area contributed by atoms with Crippen molar-refractivity contribution in [3.8, 4) is 11.3 Å². The van der Waals surface area contributed by atoms with Gasteiger partial charge in [-0.25, -0.2) is 9.37 Å². The lowest BCUT2D eigenvalue weighted by atomic mass is 10.2. The molecular weight excluding hydrogens is 293 g/mol. The number of para-hydroxylation sites is 1. The van der Waals surface area contributed by atoms with Crippen molar-refractivity contribution >= 4 is 17.5 Å². The van der Waals surface area contributed by atoms with Gasteiger partial charge in [-0.05, 0) is 31.2 Å². The number of pyridine rings is 1. The molecule has 0 aliphatic carbocycles. The highest BCUT2D eigenvalue weighted by atomic mass is 19.1. The smallest absolute Gasteiger partial charge is 0.225 e. The zero-order chi connectivity index (χ0) is 16.1. The van der Waals surface area contributed by atoms with E-state index in [0.717, 1.165) is 5.56 Å². The molecule has 0 amide bonds. The molecule has 0 saturated carbocycles. The standard InChI is InChI=1S/C17H16FN5/c1-2-20-17-22-15(12-6-5-9-19-11-12)10-16(23-17)21-14-8-4-3-7-13(14)18/h3-11H,2H2,1H3,(H2,20,21,22,23). The van der Waals surface area contributed by atoms with Crippen molar-refractivity contribution in [3.05, 3.63) is 60.7 Å². The first-order valence-corrected chi connectivity index (χ1v) is 7.31. The van der Waals surface area contributed by atoms with Crippen LogP contribution in [0.25, 0.3) is 11.3 Å². The Morgan fingerprint density at radius 1 is 1.09 bits per heavy atom. The Hall–Kier alpha value is -3.02. The minimum Gasteiger partial charge on any atom is -0.354 e. The van der Waals surface area contributed by atoms with Crippen LogP contribution in [0.5, 0.6) is 0 Å². The second-order valence-electron chi connectivity index (χ2n) is 4.84. The van der Waals surface area contributed by atoms with Crippen LogP contribution in [0.15, 0.2) is 54.9 Å². The number of rotatable bonds is 5. The number of hydrogen-bond donors (Lipinski definition) is 2. The van der Waals surface area contributed by atoms with Crippen LogP contribution in [-0.2, 0) is 0 Å². The van der Waals surface area contributed by atoms with Gasteiger partial charge in [-0.15, -0.1) is 0 Å². The normalized spacial score (nSPS) is 10.3. The van der Waals surface area contributed by atoms with Gasteiger partial charge in [0.25, 0.3) is 0 Å². The van der Waals surface area contributed by atoms with Gasteiger partial charge < -0.3 is 10.6 Å². The number of hydrogen-bond acceptors (Lipinski definition) is 5. The topological polar surface area (TPSA) is 62.7 Å². The third-order valence-corrected chi connectivity index (χ3v) is 3.15. The molecule has 0 aliphatic rings. The lowest BCUT2D eigenvalue weighted by Gasteiger charge is -2.11. The van der Waals surface area contributed by atoms with Crippen LogP contribution in [0, 0.1) is 5.82 Å². The van der Waals surface area contributed by atoms with Gasteiger partial charge in [0.05, 0.1) is 11.4 Å². The Kier molecular flexibility index (Phi) is 4.42. The van der Waals surface area contributed by atoms with E-state index in [2.05, 4.69) is 25.6 Å². The second-order valence-corrected chi connectivity index (χ2v) is 4.84. The lowest BCUT2D eigenvalue weighted by Crippen LogP contribution is -2.06. The summed E-state index contributed by atoms with van der Waals surface area (Å²) in [6.45, 7) is 2.65. The Morgan fingerprint density at radius 2 is 1.96 bits per heavy atom. The number of benzene rings is 1. The maximum absolute atomic E-state index is 13.8. The summed E-state index contributed by atoms with van der Waals surface area (Å²) in [4.78, 5) is 12.9. The fraction of sp³-hybridized carbons (Fsp3) is 0.118. The highest BCUT2D eigenvalue weighted by Crippen LogP contribution is 2.24. The molecule has 2 aromatic heterocycles. The van der Waals surface area contributed by atoms with Crippen LogP contribution in [0.3, 0.4) is 0 Å². The molecule has 116 valence electrons. The van der Waals surface area contributed by atoms with Gasteiger partial charge in [-0.1, -0.05) is 12.1 Å². The molecule has 5 nitrogen and oxygen atoms in total.